The van der Waals surface area contributed by atoms with Gasteiger partial charge in [0.25, 0.3) is 0 Å². The van der Waals surface area contributed by atoms with Crippen LogP contribution in [0.2, 0.25) is 0 Å². The van der Waals surface area contributed by atoms with Gasteiger partial charge in [-0.3, -0.25) is 0 Å². The first-order valence-electron chi connectivity index (χ1n) is 4.78. The van der Waals surface area contributed by atoms with Crippen molar-refractivity contribution >= 4 is 6.03 Å². The molecule has 1 aliphatic rings. The van der Waals surface area contributed by atoms with Gasteiger partial charge >= 0.3 is 6.03 Å². The highest BCUT2D eigenvalue weighted by Gasteiger charge is 2.18. The van der Waals surface area contributed by atoms with Crippen molar-refractivity contribution in [3.05, 3.63) is 18.0 Å². The van der Waals surface area contributed by atoms with Crippen molar-refractivity contribution in [1.29, 1.82) is 0 Å². The second-order valence-electron chi connectivity index (χ2n) is 3.43. The molecule has 1 heterocycles. The number of urea groups is 1. The zero-order chi connectivity index (χ0) is 9.80. The van der Waals surface area contributed by atoms with Gasteiger partial charge in [-0.25, -0.2) is 4.79 Å². The molecule has 1 aliphatic carbocycles. The molecule has 2 rings (SSSR count). The number of amides is 2. The van der Waals surface area contributed by atoms with E-state index in [0.717, 1.165) is 12.8 Å². The lowest BCUT2D eigenvalue weighted by atomic mass is 9.93. The quantitative estimate of drug-likeness (QED) is 0.756. The maximum Gasteiger partial charge on any atom is 0.315 e. The molecule has 0 aromatic carbocycles. The monoisotopic (exact) mass is 195 g/mol. The molecule has 1 saturated carbocycles. The van der Waals surface area contributed by atoms with Gasteiger partial charge in [-0.05, 0) is 19.3 Å². The van der Waals surface area contributed by atoms with Gasteiger partial charge in [-0.1, -0.05) is 5.16 Å². The van der Waals surface area contributed by atoms with E-state index in [0.29, 0.717) is 18.3 Å². The predicted octanol–water partition coefficient (Wildman–Crippen LogP) is 1.03. The molecule has 0 spiro atoms. The Morgan fingerprint density at radius 2 is 2.50 bits per heavy atom. The number of nitrogens with zero attached hydrogens (tertiary/aromatic N) is 1. The van der Waals surface area contributed by atoms with Crippen molar-refractivity contribution < 1.29 is 9.32 Å². The Hall–Kier alpha value is -1.52. The van der Waals surface area contributed by atoms with Crippen molar-refractivity contribution in [2.45, 2.75) is 31.8 Å². The van der Waals surface area contributed by atoms with Crippen LogP contribution < -0.4 is 10.6 Å². The molecule has 1 fully saturated rings. The van der Waals surface area contributed by atoms with Crippen molar-refractivity contribution in [3.63, 3.8) is 0 Å². The molecule has 0 atom stereocenters. The van der Waals surface area contributed by atoms with Gasteiger partial charge in [-0.2, -0.15) is 0 Å². The molecule has 1 aromatic rings. The van der Waals surface area contributed by atoms with Crippen molar-refractivity contribution in [2.24, 2.45) is 0 Å². The fourth-order valence-electron chi connectivity index (χ4n) is 1.29. The van der Waals surface area contributed by atoms with E-state index < -0.39 is 0 Å². The third-order valence-electron chi connectivity index (χ3n) is 2.35. The van der Waals surface area contributed by atoms with Crippen LogP contribution in [0.3, 0.4) is 0 Å². The van der Waals surface area contributed by atoms with E-state index in [-0.39, 0.29) is 6.03 Å². The lowest BCUT2D eigenvalue weighted by Crippen LogP contribution is -2.44. The van der Waals surface area contributed by atoms with Gasteiger partial charge in [0.15, 0.2) is 5.76 Å². The molecule has 14 heavy (non-hydrogen) atoms. The normalized spacial score (nSPS) is 16.0. The molecular formula is C9H13N3O2. The van der Waals surface area contributed by atoms with Gasteiger partial charge in [0, 0.05) is 12.1 Å². The maximum atomic E-state index is 11.3. The molecule has 5 nitrogen and oxygen atoms in total. The minimum absolute atomic E-state index is 0.133. The molecule has 0 aliphatic heterocycles. The summed E-state index contributed by atoms with van der Waals surface area (Å²) in [5, 5.41) is 9.11. The van der Waals surface area contributed by atoms with Crippen LogP contribution in [-0.2, 0) is 6.54 Å². The second-order valence-corrected chi connectivity index (χ2v) is 3.43. The summed E-state index contributed by atoms with van der Waals surface area (Å²) >= 11 is 0. The highest BCUT2D eigenvalue weighted by molar-refractivity contribution is 5.74. The average molecular weight is 195 g/mol. The number of hydrogen-bond acceptors (Lipinski definition) is 3. The third-order valence-corrected chi connectivity index (χ3v) is 2.35. The Morgan fingerprint density at radius 3 is 3.07 bits per heavy atom. The van der Waals surface area contributed by atoms with E-state index in [1.807, 2.05) is 0 Å². The zero-order valence-corrected chi connectivity index (χ0v) is 7.82. The minimum Gasteiger partial charge on any atom is -0.360 e. The van der Waals surface area contributed by atoms with Crippen LogP contribution in [0.4, 0.5) is 4.79 Å². The molecule has 1 aromatic heterocycles. The lowest BCUT2D eigenvalue weighted by Gasteiger charge is -2.26. The summed E-state index contributed by atoms with van der Waals surface area (Å²) in [5.41, 5.74) is 0. The first kappa shape index (κ1) is 9.05. The highest BCUT2D eigenvalue weighted by atomic mass is 16.5. The van der Waals surface area contributed by atoms with Crippen LogP contribution in [0, 0.1) is 0 Å². The molecule has 2 amide bonds. The second kappa shape index (κ2) is 4.13. The van der Waals surface area contributed by atoms with Crippen molar-refractivity contribution in [3.8, 4) is 0 Å². The van der Waals surface area contributed by atoms with Crippen molar-refractivity contribution in [2.75, 3.05) is 0 Å². The Balaban J connectivity index is 1.67. The molecule has 0 saturated heterocycles. The lowest BCUT2D eigenvalue weighted by molar-refractivity contribution is 0.226. The Labute approximate surface area is 81.8 Å². The van der Waals surface area contributed by atoms with Gasteiger partial charge in [0.1, 0.15) is 0 Å². The number of hydrogen-bond donors (Lipinski definition) is 2. The average Bonchev–Trinajstić information content (AvgIpc) is 2.60. The largest absolute Gasteiger partial charge is 0.360 e. The topological polar surface area (TPSA) is 67.2 Å². The fraction of sp³-hybridized carbons (Fsp3) is 0.556. The number of rotatable bonds is 3. The minimum atomic E-state index is -0.133. The summed E-state index contributed by atoms with van der Waals surface area (Å²) in [6, 6.07) is 1.96. The predicted molar refractivity (Wildman–Crippen MR) is 49.5 cm³/mol. The fourth-order valence-corrected chi connectivity index (χ4v) is 1.29. The number of carbonyl (C=O) groups is 1. The van der Waals surface area contributed by atoms with Crippen LogP contribution in [0.1, 0.15) is 25.0 Å². The van der Waals surface area contributed by atoms with Crippen LogP contribution in [0.25, 0.3) is 0 Å². The van der Waals surface area contributed by atoms with E-state index >= 15 is 0 Å². The summed E-state index contributed by atoms with van der Waals surface area (Å²) in [7, 11) is 0. The molecule has 2 N–H and O–H groups in total. The molecule has 5 heteroatoms. The van der Waals surface area contributed by atoms with E-state index in [4.69, 9.17) is 4.52 Å². The summed E-state index contributed by atoms with van der Waals surface area (Å²) in [5.74, 6) is 0.661. The summed E-state index contributed by atoms with van der Waals surface area (Å²) in [4.78, 5) is 11.3. The van der Waals surface area contributed by atoms with Crippen molar-refractivity contribution in [1.82, 2.24) is 15.8 Å². The Morgan fingerprint density at radius 1 is 1.64 bits per heavy atom. The van der Waals surface area contributed by atoms with Gasteiger partial charge < -0.3 is 15.2 Å². The molecular weight excluding hydrogens is 182 g/mol. The third kappa shape index (κ3) is 2.25. The number of nitrogens with one attached hydrogen (secondary N) is 2. The Kier molecular flexibility index (Phi) is 2.67. The van der Waals surface area contributed by atoms with Crippen LogP contribution in [0.5, 0.6) is 0 Å². The highest BCUT2D eigenvalue weighted by Crippen LogP contribution is 2.17. The summed E-state index contributed by atoms with van der Waals surface area (Å²) in [6.07, 6.45) is 4.96. The first-order valence-corrected chi connectivity index (χ1v) is 4.78. The van der Waals surface area contributed by atoms with Gasteiger partial charge in [0.05, 0.1) is 12.7 Å². The molecule has 0 radical (unpaired) electrons. The van der Waals surface area contributed by atoms with Crippen LogP contribution in [-0.4, -0.2) is 17.2 Å². The smallest absolute Gasteiger partial charge is 0.315 e. The SMILES string of the molecule is O=C(NCc1ccno1)NC1CCC1. The number of carbonyl (C=O) groups excluding carboxylic acids is 1. The first-order chi connectivity index (χ1) is 6.84. The summed E-state index contributed by atoms with van der Waals surface area (Å²) < 4.78 is 4.84. The molecule has 0 bridgehead atoms. The van der Waals surface area contributed by atoms with Gasteiger partial charge in [-0.15, -0.1) is 0 Å². The van der Waals surface area contributed by atoms with Crippen LogP contribution in [0.15, 0.2) is 16.8 Å². The Bertz CT molecular complexity index is 293. The maximum absolute atomic E-state index is 11.3. The van der Waals surface area contributed by atoms with E-state index in [2.05, 4.69) is 15.8 Å². The van der Waals surface area contributed by atoms with Crippen LogP contribution >= 0.6 is 0 Å². The van der Waals surface area contributed by atoms with E-state index in [1.165, 1.54) is 6.42 Å². The molecule has 76 valence electrons. The number of aromatic nitrogens is 1. The van der Waals surface area contributed by atoms with Gasteiger partial charge in [0.2, 0.25) is 0 Å². The van der Waals surface area contributed by atoms with E-state index in [1.54, 1.807) is 12.3 Å². The van der Waals surface area contributed by atoms with E-state index in [9.17, 15) is 4.79 Å². The molecule has 0 unspecified atom stereocenters. The summed E-state index contributed by atoms with van der Waals surface area (Å²) in [6.45, 7) is 0.387. The standard InChI is InChI=1S/C9H13N3O2/c13-9(12-7-2-1-3-7)10-6-8-4-5-11-14-8/h4-5,7H,1-3,6H2,(H2,10,12,13). The zero-order valence-electron chi connectivity index (χ0n) is 7.82.